The third kappa shape index (κ3) is 4.12. The fourth-order valence-corrected chi connectivity index (χ4v) is 3.62. The molecule has 0 aliphatic carbocycles. The van der Waals surface area contributed by atoms with Crippen LogP contribution < -0.4 is 0 Å². The Morgan fingerprint density at radius 1 is 1.13 bits per heavy atom. The van der Waals surface area contributed by atoms with Crippen molar-refractivity contribution < 1.29 is 14.7 Å². The molecule has 4 nitrogen and oxygen atoms in total. The zero-order chi connectivity index (χ0) is 16.8. The summed E-state index contributed by atoms with van der Waals surface area (Å²) in [7, 11) is 0. The van der Waals surface area contributed by atoms with E-state index in [9.17, 15) is 14.7 Å². The SMILES string of the molecule is CCCC(CCC)C(=O)N1C[C@H](C(=O)O)[C@H](c2ccccc2)C1. The van der Waals surface area contributed by atoms with Crippen molar-refractivity contribution in [1.29, 1.82) is 0 Å². The number of aliphatic carboxylic acids is 1. The molecule has 0 bridgehead atoms. The average molecular weight is 317 g/mol. The molecule has 23 heavy (non-hydrogen) atoms. The summed E-state index contributed by atoms with van der Waals surface area (Å²) < 4.78 is 0. The van der Waals surface area contributed by atoms with Gasteiger partial charge in [-0.25, -0.2) is 0 Å². The largest absolute Gasteiger partial charge is 0.481 e. The van der Waals surface area contributed by atoms with Gasteiger partial charge in [-0.15, -0.1) is 0 Å². The first kappa shape index (κ1) is 17.5. The lowest BCUT2D eigenvalue weighted by atomic mass is 9.89. The highest BCUT2D eigenvalue weighted by Crippen LogP contribution is 2.34. The molecule has 1 aliphatic rings. The first-order valence-corrected chi connectivity index (χ1v) is 8.65. The van der Waals surface area contributed by atoms with Gasteiger partial charge in [0.2, 0.25) is 5.91 Å². The lowest BCUT2D eigenvalue weighted by molar-refractivity contribution is -0.142. The van der Waals surface area contributed by atoms with Crippen LogP contribution in [0.15, 0.2) is 30.3 Å². The normalized spacial score (nSPS) is 20.9. The molecule has 1 aliphatic heterocycles. The monoisotopic (exact) mass is 317 g/mol. The van der Waals surface area contributed by atoms with Gasteiger partial charge in [-0.3, -0.25) is 9.59 Å². The highest BCUT2D eigenvalue weighted by molar-refractivity contribution is 5.81. The predicted octanol–water partition coefficient (Wildman–Crippen LogP) is 3.53. The maximum absolute atomic E-state index is 12.8. The number of carboxylic acids is 1. The number of likely N-dealkylation sites (tertiary alicyclic amines) is 1. The number of hydrogen-bond acceptors (Lipinski definition) is 2. The Hall–Kier alpha value is -1.84. The first-order valence-electron chi connectivity index (χ1n) is 8.65. The van der Waals surface area contributed by atoms with Crippen molar-refractivity contribution in [3.05, 3.63) is 35.9 Å². The van der Waals surface area contributed by atoms with Crippen LogP contribution >= 0.6 is 0 Å². The summed E-state index contributed by atoms with van der Waals surface area (Å²) >= 11 is 0. The van der Waals surface area contributed by atoms with Crippen molar-refractivity contribution in [3.63, 3.8) is 0 Å². The molecule has 1 fully saturated rings. The summed E-state index contributed by atoms with van der Waals surface area (Å²) in [4.78, 5) is 26.2. The number of benzene rings is 1. The lowest BCUT2D eigenvalue weighted by Crippen LogP contribution is -2.35. The highest BCUT2D eigenvalue weighted by Gasteiger charge is 2.41. The fourth-order valence-electron chi connectivity index (χ4n) is 3.62. The zero-order valence-corrected chi connectivity index (χ0v) is 14.1. The highest BCUT2D eigenvalue weighted by atomic mass is 16.4. The van der Waals surface area contributed by atoms with E-state index in [0.717, 1.165) is 31.2 Å². The van der Waals surface area contributed by atoms with Crippen LogP contribution in [0.4, 0.5) is 0 Å². The minimum atomic E-state index is -0.809. The van der Waals surface area contributed by atoms with Gasteiger partial charge in [-0.05, 0) is 18.4 Å². The van der Waals surface area contributed by atoms with Crippen molar-refractivity contribution in [2.75, 3.05) is 13.1 Å². The number of amides is 1. The second kappa shape index (κ2) is 8.14. The Labute approximate surface area is 138 Å². The molecule has 1 N–H and O–H groups in total. The molecule has 1 heterocycles. The van der Waals surface area contributed by atoms with Gasteiger partial charge in [0.05, 0.1) is 5.92 Å². The van der Waals surface area contributed by atoms with Crippen LogP contribution in [0.25, 0.3) is 0 Å². The molecule has 0 radical (unpaired) electrons. The minimum absolute atomic E-state index is 0.0361. The van der Waals surface area contributed by atoms with Gasteiger partial charge in [0.15, 0.2) is 0 Å². The Bertz CT molecular complexity index is 523. The van der Waals surface area contributed by atoms with E-state index in [1.165, 1.54) is 0 Å². The van der Waals surface area contributed by atoms with Crippen LogP contribution in [0, 0.1) is 11.8 Å². The number of carbonyl (C=O) groups excluding carboxylic acids is 1. The summed E-state index contributed by atoms with van der Waals surface area (Å²) in [6, 6.07) is 9.70. The van der Waals surface area contributed by atoms with Gasteiger partial charge in [0.1, 0.15) is 0 Å². The molecule has 0 saturated carbocycles. The van der Waals surface area contributed by atoms with Crippen LogP contribution in [-0.4, -0.2) is 35.0 Å². The van der Waals surface area contributed by atoms with E-state index in [0.29, 0.717) is 13.1 Å². The topological polar surface area (TPSA) is 57.6 Å². The van der Waals surface area contributed by atoms with E-state index in [2.05, 4.69) is 13.8 Å². The third-order valence-corrected chi connectivity index (χ3v) is 4.80. The van der Waals surface area contributed by atoms with E-state index in [-0.39, 0.29) is 17.7 Å². The quantitative estimate of drug-likeness (QED) is 0.837. The lowest BCUT2D eigenvalue weighted by Gasteiger charge is -2.23. The number of nitrogens with zero attached hydrogens (tertiary/aromatic N) is 1. The molecule has 2 rings (SSSR count). The molecule has 126 valence electrons. The van der Waals surface area contributed by atoms with Crippen LogP contribution in [0.5, 0.6) is 0 Å². The molecule has 4 heteroatoms. The standard InChI is InChI=1S/C19H27NO3/c1-3-8-15(9-4-2)18(21)20-12-16(17(13-20)19(22)23)14-10-6-5-7-11-14/h5-7,10-11,15-17H,3-4,8-9,12-13H2,1-2H3,(H,22,23)/t16-,17-/m0/s1. The van der Waals surface area contributed by atoms with Crippen LogP contribution in [-0.2, 0) is 9.59 Å². The van der Waals surface area contributed by atoms with E-state index in [1.807, 2.05) is 30.3 Å². The molecule has 1 saturated heterocycles. The van der Waals surface area contributed by atoms with Gasteiger partial charge in [-0.2, -0.15) is 0 Å². The number of rotatable bonds is 7. The van der Waals surface area contributed by atoms with Crippen LogP contribution in [0.1, 0.15) is 51.0 Å². The van der Waals surface area contributed by atoms with Gasteiger partial charge in [0, 0.05) is 24.9 Å². The summed E-state index contributed by atoms with van der Waals surface area (Å²) in [5.41, 5.74) is 1.01. The minimum Gasteiger partial charge on any atom is -0.481 e. The van der Waals surface area contributed by atoms with Crippen molar-refractivity contribution in [3.8, 4) is 0 Å². The van der Waals surface area contributed by atoms with Gasteiger partial charge < -0.3 is 10.0 Å². The van der Waals surface area contributed by atoms with E-state index >= 15 is 0 Å². The summed E-state index contributed by atoms with van der Waals surface area (Å²) in [6.45, 7) is 5.03. The molecular weight excluding hydrogens is 290 g/mol. The zero-order valence-electron chi connectivity index (χ0n) is 14.1. The second-order valence-electron chi connectivity index (χ2n) is 6.48. The third-order valence-electron chi connectivity index (χ3n) is 4.80. The van der Waals surface area contributed by atoms with Gasteiger partial charge in [-0.1, -0.05) is 57.0 Å². The fraction of sp³-hybridized carbons (Fsp3) is 0.579. The molecule has 1 amide bonds. The number of hydrogen-bond donors (Lipinski definition) is 1. The molecule has 0 spiro atoms. The van der Waals surface area contributed by atoms with Crippen molar-refractivity contribution in [1.82, 2.24) is 4.90 Å². The number of carbonyl (C=O) groups is 2. The van der Waals surface area contributed by atoms with E-state index in [4.69, 9.17) is 0 Å². The Morgan fingerprint density at radius 2 is 1.74 bits per heavy atom. The molecule has 0 unspecified atom stereocenters. The Kier molecular flexibility index (Phi) is 6.20. The maximum Gasteiger partial charge on any atom is 0.308 e. The van der Waals surface area contributed by atoms with Crippen LogP contribution in [0.3, 0.4) is 0 Å². The van der Waals surface area contributed by atoms with Gasteiger partial charge in [0.25, 0.3) is 0 Å². The second-order valence-corrected chi connectivity index (χ2v) is 6.48. The van der Waals surface area contributed by atoms with Crippen molar-refractivity contribution in [2.24, 2.45) is 11.8 Å². The summed E-state index contributed by atoms with van der Waals surface area (Å²) in [5.74, 6) is -1.25. The van der Waals surface area contributed by atoms with E-state index in [1.54, 1.807) is 4.90 Å². The maximum atomic E-state index is 12.8. The molecule has 0 aromatic heterocycles. The van der Waals surface area contributed by atoms with Crippen molar-refractivity contribution >= 4 is 11.9 Å². The smallest absolute Gasteiger partial charge is 0.308 e. The summed E-state index contributed by atoms with van der Waals surface area (Å²) in [6.07, 6.45) is 3.73. The molecular formula is C19H27NO3. The average Bonchev–Trinajstić information content (AvgIpc) is 3.00. The molecule has 1 aromatic carbocycles. The Balaban J connectivity index is 2.16. The predicted molar refractivity (Wildman–Crippen MR) is 90.2 cm³/mol. The van der Waals surface area contributed by atoms with Crippen LogP contribution in [0.2, 0.25) is 0 Å². The Morgan fingerprint density at radius 3 is 2.26 bits per heavy atom. The van der Waals surface area contributed by atoms with E-state index < -0.39 is 11.9 Å². The number of carboxylic acid groups (broad SMARTS) is 1. The van der Waals surface area contributed by atoms with Crippen molar-refractivity contribution in [2.45, 2.75) is 45.4 Å². The van der Waals surface area contributed by atoms with Gasteiger partial charge >= 0.3 is 5.97 Å². The first-order chi connectivity index (χ1) is 11.1. The molecule has 1 aromatic rings. The summed E-state index contributed by atoms with van der Waals surface area (Å²) in [5, 5.41) is 9.55. The molecule has 2 atom stereocenters.